The van der Waals surface area contributed by atoms with Crippen LogP contribution >= 0.6 is 0 Å². The van der Waals surface area contributed by atoms with Crippen molar-refractivity contribution >= 4 is 0 Å². The molecule has 2 rings (SSSR count). The molecule has 0 fully saturated rings. The summed E-state index contributed by atoms with van der Waals surface area (Å²) in [6.07, 6.45) is 1.82. The van der Waals surface area contributed by atoms with Gasteiger partial charge in [0.15, 0.2) is 5.82 Å². The highest BCUT2D eigenvalue weighted by molar-refractivity contribution is 5.23. The molecular formula is C12H18N4O2. The summed E-state index contributed by atoms with van der Waals surface area (Å²) >= 11 is 0. The minimum absolute atomic E-state index is 0.00256. The van der Waals surface area contributed by atoms with Crippen molar-refractivity contribution in [2.24, 2.45) is 0 Å². The maximum absolute atomic E-state index is 9.25. The van der Waals surface area contributed by atoms with Gasteiger partial charge in [0.25, 0.3) is 0 Å². The lowest BCUT2D eigenvalue weighted by atomic mass is 10.2. The molecule has 0 amide bonds. The molecule has 0 atom stereocenters. The van der Waals surface area contributed by atoms with Crippen LogP contribution in [-0.2, 0) is 19.6 Å². The minimum Gasteiger partial charge on any atom is -0.392 e. The predicted octanol–water partition coefficient (Wildman–Crippen LogP) is 1.38. The van der Waals surface area contributed by atoms with Crippen molar-refractivity contribution in [3.05, 3.63) is 28.7 Å². The average Bonchev–Trinajstić information content (AvgIpc) is 2.87. The van der Waals surface area contributed by atoms with Crippen LogP contribution in [0.2, 0.25) is 0 Å². The Morgan fingerprint density at radius 3 is 2.72 bits per heavy atom. The van der Waals surface area contributed by atoms with E-state index in [1.807, 2.05) is 13.8 Å². The van der Waals surface area contributed by atoms with Crippen LogP contribution in [0.25, 0.3) is 0 Å². The van der Waals surface area contributed by atoms with E-state index in [1.165, 1.54) is 0 Å². The molecule has 98 valence electrons. The van der Waals surface area contributed by atoms with Crippen LogP contribution in [-0.4, -0.2) is 25.0 Å². The van der Waals surface area contributed by atoms with E-state index in [4.69, 9.17) is 4.52 Å². The molecule has 2 aromatic heterocycles. The normalized spacial score (nSPS) is 11.1. The van der Waals surface area contributed by atoms with Crippen LogP contribution in [0.15, 0.2) is 4.52 Å². The molecule has 2 heterocycles. The Balaban J connectivity index is 2.17. The van der Waals surface area contributed by atoms with Crippen LogP contribution in [0.4, 0.5) is 0 Å². The fourth-order valence-corrected chi connectivity index (χ4v) is 1.92. The van der Waals surface area contributed by atoms with Gasteiger partial charge >= 0.3 is 0 Å². The molecule has 0 aliphatic carbocycles. The zero-order valence-electron chi connectivity index (χ0n) is 11.0. The number of hydrogen-bond donors (Lipinski definition) is 1. The second kappa shape index (κ2) is 5.30. The maximum atomic E-state index is 9.25. The van der Waals surface area contributed by atoms with Gasteiger partial charge in [-0.05, 0) is 20.3 Å². The Kier molecular flexibility index (Phi) is 3.76. The molecule has 0 radical (unpaired) electrons. The van der Waals surface area contributed by atoms with Crippen molar-refractivity contribution in [1.29, 1.82) is 0 Å². The average molecular weight is 250 g/mol. The van der Waals surface area contributed by atoms with Crippen molar-refractivity contribution < 1.29 is 9.63 Å². The van der Waals surface area contributed by atoms with E-state index in [-0.39, 0.29) is 6.61 Å². The number of aryl methyl sites for hydroxylation is 2. The third-order valence-corrected chi connectivity index (χ3v) is 2.96. The van der Waals surface area contributed by atoms with Crippen LogP contribution in [0.3, 0.4) is 0 Å². The van der Waals surface area contributed by atoms with Gasteiger partial charge in [0.2, 0.25) is 5.89 Å². The van der Waals surface area contributed by atoms with Gasteiger partial charge in [0.05, 0.1) is 12.3 Å². The standard InChI is InChI=1S/C12H18N4O2/c1-4-5-11-13-12(18-15-11)6-16-9(3)10(7-17)8(2)14-16/h17H,4-7H2,1-3H3. The Morgan fingerprint density at radius 1 is 1.33 bits per heavy atom. The highest BCUT2D eigenvalue weighted by atomic mass is 16.5. The summed E-state index contributed by atoms with van der Waals surface area (Å²) < 4.78 is 6.96. The topological polar surface area (TPSA) is 77.0 Å². The molecular weight excluding hydrogens is 232 g/mol. The van der Waals surface area contributed by atoms with Crippen molar-refractivity contribution in [2.75, 3.05) is 0 Å². The second-order valence-corrected chi connectivity index (χ2v) is 4.32. The van der Waals surface area contributed by atoms with Crippen LogP contribution < -0.4 is 0 Å². The van der Waals surface area contributed by atoms with E-state index in [0.717, 1.165) is 35.6 Å². The first kappa shape index (κ1) is 12.8. The number of aromatic nitrogens is 4. The largest absolute Gasteiger partial charge is 0.392 e. The summed E-state index contributed by atoms with van der Waals surface area (Å²) in [5.41, 5.74) is 2.64. The molecule has 0 unspecified atom stereocenters. The lowest BCUT2D eigenvalue weighted by molar-refractivity contribution is 0.280. The Hall–Kier alpha value is -1.69. The van der Waals surface area contributed by atoms with Gasteiger partial charge in [0.1, 0.15) is 6.54 Å². The van der Waals surface area contributed by atoms with E-state index >= 15 is 0 Å². The monoisotopic (exact) mass is 250 g/mol. The van der Waals surface area contributed by atoms with Gasteiger partial charge in [-0.2, -0.15) is 10.1 Å². The van der Waals surface area contributed by atoms with Crippen LogP contribution in [0.5, 0.6) is 0 Å². The van der Waals surface area contributed by atoms with E-state index in [1.54, 1.807) is 4.68 Å². The van der Waals surface area contributed by atoms with E-state index in [0.29, 0.717) is 12.4 Å². The summed E-state index contributed by atoms with van der Waals surface area (Å²) in [7, 11) is 0. The molecule has 1 N–H and O–H groups in total. The number of aliphatic hydroxyl groups is 1. The van der Waals surface area contributed by atoms with E-state index in [2.05, 4.69) is 22.2 Å². The van der Waals surface area contributed by atoms with Crippen LogP contribution in [0.1, 0.15) is 42.0 Å². The number of hydrogen-bond acceptors (Lipinski definition) is 5. The minimum atomic E-state index is 0.00256. The predicted molar refractivity (Wildman–Crippen MR) is 65.0 cm³/mol. The zero-order chi connectivity index (χ0) is 13.1. The molecule has 6 nitrogen and oxygen atoms in total. The summed E-state index contributed by atoms with van der Waals surface area (Å²) in [6, 6.07) is 0. The van der Waals surface area contributed by atoms with Gasteiger partial charge in [-0.25, -0.2) is 0 Å². The first-order chi connectivity index (χ1) is 8.65. The molecule has 0 aliphatic heterocycles. The number of aliphatic hydroxyl groups excluding tert-OH is 1. The maximum Gasteiger partial charge on any atom is 0.248 e. The highest BCUT2D eigenvalue weighted by Gasteiger charge is 2.13. The molecule has 0 aromatic carbocycles. The lowest BCUT2D eigenvalue weighted by Crippen LogP contribution is -2.05. The Bertz CT molecular complexity index is 530. The summed E-state index contributed by atoms with van der Waals surface area (Å²) in [5, 5.41) is 17.5. The molecule has 6 heteroatoms. The van der Waals surface area contributed by atoms with E-state index < -0.39 is 0 Å². The summed E-state index contributed by atoms with van der Waals surface area (Å²) in [4.78, 5) is 4.30. The fraction of sp³-hybridized carbons (Fsp3) is 0.583. The first-order valence-electron chi connectivity index (χ1n) is 6.10. The van der Waals surface area contributed by atoms with E-state index in [9.17, 15) is 5.11 Å². The first-order valence-corrected chi connectivity index (χ1v) is 6.10. The molecule has 0 aliphatic rings. The van der Waals surface area contributed by atoms with Crippen LogP contribution in [0, 0.1) is 13.8 Å². The summed E-state index contributed by atoms with van der Waals surface area (Å²) in [5.74, 6) is 1.28. The zero-order valence-corrected chi connectivity index (χ0v) is 11.0. The SMILES string of the molecule is CCCc1noc(Cn2nc(C)c(CO)c2C)n1. The number of nitrogens with zero attached hydrogens (tertiary/aromatic N) is 4. The van der Waals surface area contributed by atoms with Gasteiger partial charge in [-0.1, -0.05) is 12.1 Å². The summed E-state index contributed by atoms with van der Waals surface area (Å²) in [6.45, 7) is 6.33. The fourth-order valence-electron chi connectivity index (χ4n) is 1.92. The van der Waals surface area contributed by atoms with Gasteiger partial charge in [-0.15, -0.1) is 0 Å². The van der Waals surface area contributed by atoms with Gasteiger partial charge < -0.3 is 9.63 Å². The molecule has 0 saturated carbocycles. The van der Waals surface area contributed by atoms with Gasteiger partial charge in [-0.3, -0.25) is 4.68 Å². The Labute approximate surface area is 106 Å². The number of rotatable bonds is 5. The molecule has 0 bridgehead atoms. The van der Waals surface area contributed by atoms with Crippen molar-refractivity contribution in [3.8, 4) is 0 Å². The third kappa shape index (κ3) is 2.43. The smallest absolute Gasteiger partial charge is 0.248 e. The molecule has 2 aromatic rings. The van der Waals surface area contributed by atoms with Gasteiger partial charge in [0, 0.05) is 17.7 Å². The molecule has 0 saturated heterocycles. The second-order valence-electron chi connectivity index (χ2n) is 4.32. The quantitative estimate of drug-likeness (QED) is 0.867. The molecule has 0 spiro atoms. The van der Waals surface area contributed by atoms with Crippen molar-refractivity contribution in [2.45, 2.75) is 46.8 Å². The Morgan fingerprint density at radius 2 is 2.11 bits per heavy atom. The lowest BCUT2D eigenvalue weighted by Gasteiger charge is -2.00. The highest BCUT2D eigenvalue weighted by Crippen LogP contribution is 2.14. The van der Waals surface area contributed by atoms with Crippen molar-refractivity contribution in [1.82, 2.24) is 19.9 Å². The van der Waals surface area contributed by atoms with Crippen molar-refractivity contribution in [3.63, 3.8) is 0 Å². The molecule has 18 heavy (non-hydrogen) atoms. The third-order valence-electron chi connectivity index (χ3n) is 2.96.